The van der Waals surface area contributed by atoms with E-state index in [-0.39, 0.29) is 0 Å². The highest BCUT2D eigenvalue weighted by atomic mass is 16.3. The van der Waals surface area contributed by atoms with E-state index in [1.807, 2.05) is 84.9 Å². The van der Waals surface area contributed by atoms with Crippen LogP contribution in [0.1, 0.15) is 0 Å². The van der Waals surface area contributed by atoms with Gasteiger partial charge in [-0.05, 0) is 77.9 Å². The van der Waals surface area contributed by atoms with Crippen molar-refractivity contribution in [2.75, 3.05) is 0 Å². The van der Waals surface area contributed by atoms with Crippen LogP contribution in [0.4, 0.5) is 0 Å². The first-order valence-electron chi connectivity index (χ1n) is 22.5. The first-order chi connectivity index (χ1) is 33.7. The van der Waals surface area contributed by atoms with Crippen LogP contribution < -0.4 is 0 Å². The second-order valence-electron chi connectivity index (χ2n) is 16.7. The summed E-state index contributed by atoms with van der Waals surface area (Å²) in [6.07, 6.45) is 3.59. The molecule has 13 aromatic rings. The normalized spacial score (nSPS) is 11.5. The third kappa shape index (κ3) is 6.70. The molecule has 0 atom stereocenters. The Morgan fingerprint density at radius 1 is 0.368 bits per heavy atom. The average molecular weight is 872 g/mol. The van der Waals surface area contributed by atoms with Gasteiger partial charge in [-0.15, -0.1) is 0 Å². The molecule has 8 heteroatoms. The zero-order valence-corrected chi connectivity index (χ0v) is 36.4. The number of benzene rings is 7. The molecule has 13 rings (SSSR count). The Labute approximate surface area is 390 Å². The summed E-state index contributed by atoms with van der Waals surface area (Å²) in [4.78, 5) is 30.2. The maximum absolute atomic E-state index is 6.85. The summed E-state index contributed by atoms with van der Waals surface area (Å²) in [5.74, 6) is 2.44. The van der Waals surface area contributed by atoms with Crippen LogP contribution in [0.25, 0.3) is 129 Å². The molecule has 0 aliphatic heterocycles. The van der Waals surface area contributed by atoms with Gasteiger partial charge in [-0.25, -0.2) is 19.9 Å². The standard InChI is InChI=1S/C60H37N7O/c1-2-16-39(17-3-1)58-64-59(66-60(65-58)43-20-15-21-44(37-43)67-51-28-8-5-22-45(51)46-23-6-9-29-52(46)67)40-32-30-38(31-33-40)41-18-14-19-42(36-41)55-54-53(49-26-10-12-34-61-49)57(50-27-11-13-35-62-50)68-56(54)47-24-4-7-25-48(47)63-55/h1-37H. The van der Waals surface area contributed by atoms with Crippen molar-refractivity contribution in [3.05, 3.63) is 225 Å². The molecule has 7 aromatic carbocycles. The number of aromatic nitrogens is 7. The number of pyridine rings is 3. The summed E-state index contributed by atoms with van der Waals surface area (Å²) in [5, 5.41) is 4.23. The zero-order valence-electron chi connectivity index (χ0n) is 36.4. The van der Waals surface area contributed by atoms with Gasteiger partial charge in [-0.3, -0.25) is 9.97 Å². The van der Waals surface area contributed by atoms with Gasteiger partial charge < -0.3 is 8.98 Å². The quantitative estimate of drug-likeness (QED) is 0.150. The van der Waals surface area contributed by atoms with Crippen molar-refractivity contribution in [2.24, 2.45) is 0 Å². The summed E-state index contributed by atoms with van der Waals surface area (Å²) in [5.41, 5.74) is 13.8. The minimum Gasteiger partial charge on any atom is -0.453 e. The lowest BCUT2D eigenvalue weighted by Gasteiger charge is -2.12. The Morgan fingerprint density at radius 3 is 1.62 bits per heavy atom. The molecule has 0 amide bonds. The van der Waals surface area contributed by atoms with E-state index in [9.17, 15) is 0 Å². The molecule has 0 aliphatic carbocycles. The van der Waals surface area contributed by atoms with Crippen molar-refractivity contribution >= 4 is 43.7 Å². The van der Waals surface area contributed by atoms with Crippen molar-refractivity contribution in [3.8, 4) is 84.9 Å². The lowest BCUT2D eigenvalue weighted by atomic mass is 9.96. The molecule has 0 spiro atoms. The number of hydrogen-bond donors (Lipinski definition) is 0. The lowest BCUT2D eigenvalue weighted by molar-refractivity contribution is 0.632. The van der Waals surface area contributed by atoms with Gasteiger partial charge in [-0.2, -0.15) is 0 Å². The zero-order chi connectivity index (χ0) is 45.0. The molecule has 0 N–H and O–H groups in total. The van der Waals surface area contributed by atoms with Crippen molar-refractivity contribution in [3.63, 3.8) is 0 Å². The molecule has 0 aliphatic rings. The molecule has 6 aromatic heterocycles. The van der Waals surface area contributed by atoms with E-state index in [1.54, 1.807) is 12.4 Å². The minimum absolute atomic E-state index is 0.588. The van der Waals surface area contributed by atoms with Gasteiger partial charge >= 0.3 is 0 Å². The van der Waals surface area contributed by atoms with Gasteiger partial charge in [0.1, 0.15) is 11.3 Å². The maximum atomic E-state index is 6.85. The SMILES string of the molecule is c1ccc(-c2nc(-c3ccc(-c4cccc(-c5nc6ccccc6c6oc(-c7ccccn7)c(-c7ccccn7)c56)c4)cc3)nc(-c3cccc(-n4c5ccccc5c5ccccc54)c3)n2)cc1. The highest BCUT2D eigenvalue weighted by Crippen LogP contribution is 2.46. The average Bonchev–Trinajstić information content (AvgIpc) is 3.99. The van der Waals surface area contributed by atoms with E-state index in [2.05, 4.69) is 132 Å². The molecule has 318 valence electrons. The smallest absolute Gasteiger partial charge is 0.164 e. The van der Waals surface area contributed by atoms with Crippen molar-refractivity contribution in [1.82, 2.24) is 34.5 Å². The van der Waals surface area contributed by atoms with E-state index in [0.29, 0.717) is 23.2 Å². The highest BCUT2D eigenvalue weighted by molar-refractivity contribution is 6.16. The summed E-state index contributed by atoms with van der Waals surface area (Å²) in [6.45, 7) is 0. The molecule has 8 nitrogen and oxygen atoms in total. The van der Waals surface area contributed by atoms with Gasteiger partial charge in [0.25, 0.3) is 0 Å². The van der Waals surface area contributed by atoms with Crippen LogP contribution in [0, 0.1) is 0 Å². The predicted octanol–water partition coefficient (Wildman–Crippen LogP) is 14.7. The molecular formula is C60H37N7O. The largest absolute Gasteiger partial charge is 0.453 e. The second kappa shape index (κ2) is 16.2. The summed E-state index contributed by atoms with van der Waals surface area (Å²) in [6, 6.07) is 72.5. The molecule has 0 radical (unpaired) electrons. The van der Waals surface area contributed by atoms with Crippen LogP contribution in [0.2, 0.25) is 0 Å². The topological polar surface area (TPSA) is 95.4 Å². The first kappa shape index (κ1) is 39.0. The number of nitrogens with zero attached hydrogens (tertiary/aromatic N) is 7. The maximum Gasteiger partial charge on any atom is 0.164 e. The monoisotopic (exact) mass is 871 g/mol. The summed E-state index contributed by atoms with van der Waals surface area (Å²) < 4.78 is 9.17. The van der Waals surface area contributed by atoms with Crippen LogP contribution in [0.3, 0.4) is 0 Å². The van der Waals surface area contributed by atoms with Gasteiger partial charge in [0, 0.05) is 56.5 Å². The van der Waals surface area contributed by atoms with Crippen molar-refractivity contribution < 1.29 is 4.42 Å². The molecule has 0 saturated carbocycles. The van der Waals surface area contributed by atoms with Gasteiger partial charge in [0.15, 0.2) is 23.2 Å². The first-order valence-corrected chi connectivity index (χ1v) is 22.5. The van der Waals surface area contributed by atoms with Crippen LogP contribution in [-0.2, 0) is 0 Å². The highest BCUT2D eigenvalue weighted by Gasteiger charge is 2.26. The Morgan fingerprint density at radius 2 is 0.912 bits per heavy atom. The fraction of sp³-hybridized carbons (Fsp3) is 0. The van der Waals surface area contributed by atoms with Gasteiger partial charge in [0.2, 0.25) is 0 Å². The molecule has 0 fully saturated rings. The van der Waals surface area contributed by atoms with Crippen LogP contribution in [0.5, 0.6) is 0 Å². The van der Waals surface area contributed by atoms with E-state index in [0.717, 1.165) is 94.6 Å². The number of fused-ring (bicyclic) bond motifs is 6. The molecule has 68 heavy (non-hydrogen) atoms. The van der Waals surface area contributed by atoms with Crippen molar-refractivity contribution in [2.45, 2.75) is 0 Å². The predicted molar refractivity (Wildman–Crippen MR) is 273 cm³/mol. The summed E-state index contributed by atoms with van der Waals surface area (Å²) in [7, 11) is 0. The van der Waals surface area contributed by atoms with Crippen LogP contribution in [0.15, 0.2) is 229 Å². The van der Waals surface area contributed by atoms with Crippen LogP contribution >= 0.6 is 0 Å². The number of hydrogen-bond acceptors (Lipinski definition) is 7. The Bertz CT molecular complexity index is 3960. The number of furan rings is 1. The number of para-hydroxylation sites is 3. The third-order valence-electron chi connectivity index (χ3n) is 12.6. The molecule has 0 unspecified atom stereocenters. The molecule has 0 saturated heterocycles. The number of rotatable bonds is 8. The molecule has 0 bridgehead atoms. The fourth-order valence-electron chi connectivity index (χ4n) is 9.42. The molecule has 6 heterocycles. The van der Waals surface area contributed by atoms with Crippen molar-refractivity contribution in [1.29, 1.82) is 0 Å². The third-order valence-corrected chi connectivity index (χ3v) is 12.6. The summed E-state index contributed by atoms with van der Waals surface area (Å²) >= 11 is 0. The van der Waals surface area contributed by atoms with E-state index < -0.39 is 0 Å². The lowest BCUT2D eigenvalue weighted by Crippen LogP contribution is -2.01. The van der Waals surface area contributed by atoms with Gasteiger partial charge in [-0.1, -0.05) is 146 Å². The van der Waals surface area contributed by atoms with Crippen LogP contribution in [-0.4, -0.2) is 34.5 Å². The van der Waals surface area contributed by atoms with E-state index >= 15 is 0 Å². The van der Waals surface area contributed by atoms with Gasteiger partial charge in [0.05, 0.1) is 38.9 Å². The molecular weight excluding hydrogens is 835 g/mol. The fourth-order valence-corrected chi connectivity index (χ4v) is 9.42. The Kier molecular flexibility index (Phi) is 9.31. The van der Waals surface area contributed by atoms with E-state index in [4.69, 9.17) is 34.3 Å². The Hall–Kier alpha value is -9.40. The second-order valence-corrected chi connectivity index (χ2v) is 16.7. The Balaban J connectivity index is 0.911. The minimum atomic E-state index is 0.588. The van der Waals surface area contributed by atoms with E-state index in [1.165, 1.54) is 10.8 Å².